The molecule has 0 aromatic heterocycles. The van der Waals surface area contributed by atoms with Crippen LogP contribution in [0, 0.1) is 0 Å². The monoisotopic (exact) mass is 330 g/mol. The van der Waals surface area contributed by atoms with Gasteiger partial charge in [-0.1, -0.05) is 17.3 Å². The number of fused-ring (bicyclic) bond motifs is 2. The van der Waals surface area contributed by atoms with E-state index in [0.29, 0.717) is 35.8 Å². The lowest BCUT2D eigenvalue weighted by Crippen LogP contribution is -2.42. The van der Waals surface area contributed by atoms with Crippen LogP contribution >= 0.6 is 0 Å². The zero-order valence-electron chi connectivity index (χ0n) is 13.9. The van der Waals surface area contributed by atoms with Crippen molar-refractivity contribution in [1.82, 2.24) is 4.90 Å². The van der Waals surface area contributed by atoms with Crippen LogP contribution in [-0.2, 0) is 0 Å². The standard InChI is InChI=1S/C18H26N4O2/c19-17(21-24)5-2-8-22-15-6-7-16(22)11-14(10-15)12-3-1-4-13(9-12)18(20)23/h1,3-4,9,14-16,24H,2,5-8,10-11H2,(H2,19,21)(H2,20,23)/t14?,15-,16+. The molecule has 2 bridgehead atoms. The highest BCUT2D eigenvalue weighted by Gasteiger charge is 2.40. The molecule has 130 valence electrons. The van der Waals surface area contributed by atoms with Crippen LogP contribution in [0.3, 0.4) is 0 Å². The molecule has 2 heterocycles. The molecule has 0 spiro atoms. The van der Waals surface area contributed by atoms with Gasteiger partial charge in [-0.25, -0.2) is 0 Å². The summed E-state index contributed by atoms with van der Waals surface area (Å²) in [6, 6.07) is 8.98. The van der Waals surface area contributed by atoms with E-state index < -0.39 is 0 Å². The summed E-state index contributed by atoms with van der Waals surface area (Å²) in [7, 11) is 0. The van der Waals surface area contributed by atoms with Gasteiger partial charge < -0.3 is 16.7 Å². The van der Waals surface area contributed by atoms with Crippen molar-refractivity contribution in [2.75, 3.05) is 6.54 Å². The first-order chi connectivity index (χ1) is 11.6. The third kappa shape index (κ3) is 3.53. The van der Waals surface area contributed by atoms with E-state index in [1.807, 2.05) is 12.1 Å². The number of hydrogen-bond donors (Lipinski definition) is 3. The number of rotatable bonds is 6. The molecular formula is C18H26N4O2. The quantitative estimate of drug-likeness (QED) is 0.321. The first-order valence-corrected chi connectivity index (χ1v) is 8.70. The molecule has 0 radical (unpaired) electrons. The van der Waals surface area contributed by atoms with E-state index in [2.05, 4.69) is 16.1 Å². The van der Waals surface area contributed by atoms with Gasteiger partial charge in [0.05, 0.1) is 0 Å². The van der Waals surface area contributed by atoms with Gasteiger partial charge in [-0.15, -0.1) is 0 Å². The molecule has 2 aliphatic rings. The Balaban J connectivity index is 1.62. The molecular weight excluding hydrogens is 304 g/mol. The summed E-state index contributed by atoms with van der Waals surface area (Å²) in [4.78, 5) is 14.0. The first kappa shape index (κ1) is 16.8. The van der Waals surface area contributed by atoms with E-state index in [1.165, 1.54) is 18.4 Å². The van der Waals surface area contributed by atoms with Crippen LogP contribution in [0.1, 0.15) is 60.4 Å². The third-order valence-electron chi connectivity index (χ3n) is 5.50. The SMILES string of the molecule is NC(=O)c1cccc(C2C[C@H]3CC[C@@H](C2)N3CCCC(N)=NO)c1. The number of nitrogens with two attached hydrogens (primary N) is 2. The normalized spacial score (nSPS) is 27.3. The molecule has 6 nitrogen and oxygen atoms in total. The van der Waals surface area contributed by atoms with Gasteiger partial charge in [-0.3, -0.25) is 9.69 Å². The molecule has 2 fully saturated rings. The molecule has 2 saturated heterocycles. The average molecular weight is 330 g/mol. The average Bonchev–Trinajstić information content (AvgIpc) is 2.82. The lowest BCUT2D eigenvalue weighted by molar-refractivity contribution is 0.1000. The maximum atomic E-state index is 11.4. The van der Waals surface area contributed by atoms with Crippen molar-refractivity contribution in [1.29, 1.82) is 0 Å². The molecule has 5 N–H and O–H groups in total. The molecule has 1 aromatic carbocycles. The van der Waals surface area contributed by atoms with Crippen molar-refractivity contribution >= 4 is 11.7 Å². The summed E-state index contributed by atoms with van der Waals surface area (Å²) in [5, 5.41) is 11.7. The Morgan fingerprint density at radius 3 is 2.58 bits per heavy atom. The lowest BCUT2D eigenvalue weighted by Gasteiger charge is -2.39. The molecule has 1 unspecified atom stereocenters. The summed E-state index contributed by atoms with van der Waals surface area (Å²) >= 11 is 0. The number of amides is 1. The van der Waals surface area contributed by atoms with Crippen LogP contribution in [0.25, 0.3) is 0 Å². The number of benzene rings is 1. The number of hydrogen-bond acceptors (Lipinski definition) is 4. The van der Waals surface area contributed by atoms with Crippen molar-refractivity contribution in [2.45, 2.75) is 56.5 Å². The Morgan fingerprint density at radius 1 is 1.25 bits per heavy atom. The topological polar surface area (TPSA) is 105 Å². The van der Waals surface area contributed by atoms with Gasteiger partial charge >= 0.3 is 0 Å². The van der Waals surface area contributed by atoms with Crippen molar-refractivity contribution in [3.63, 3.8) is 0 Å². The minimum absolute atomic E-state index is 0.306. The number of primary amides is 1. The summed E-state index contributed by atoms with van der Waals surface area (Å²) in [6.45, 7) is 1.000. The van der Waals surface area contributed by atoms with Crippen molar-refractivity contribution in [2.24, 2.45) is 16.6 Å². The van der Waals surface area contributed by atoms with Crippen molar-refractivity contribution in [3.8, 4) is 0 Å². The fourth-order valence-electron chi connectivity index (χ4n) is 4.35. The zero-order chi connectivity index (χ0) is 17.1. The Morgan fingerprint density at radius 2 is 1.96 bits per heavy atom. The van der Waals surface area contributed by atoms with Crippen LogP contribution in [0.15, 0.2) is 29.4 Å². The molecule has 3 atom stereocenters. The zero-order valence-corrected chi connectivity index (χ0v) is 13.9. The number of piperidine rings is 1. The highest BCUT2D eigenvalue weighted by Crippen LogP contribution is 2.43. The highest BCUT2D eigenvalue weighted by atomic mass is 16.4. The largest absolute Gasteiger partial charge is 0.409 e. The Kier molecular flexibility index (Phi) is 5.04. The number of amidine groups is 1. The first-order valence-electron chi connectivity index (χ1n) is 8.70. The minimum atomic E-state index is -0.361. The highest BCUT2D eigenvalue weighted by molar-refractivity contribution is 5.92. The Labute approximate surface area is 142 Å². The number of nitrogens with zero attached hydrogens (tertiary/aromatic N) is 2. The van der Waals surface area contributed by atoms with Gasteiger partial charge in [0.25, 0.3) is 0 Å². The molecule has 1 aromatic rings. The van der Waals surface area contributed by atoms with Gasteiger partial charge in [0.15, 0.2) is 0 Å². The second kappa shape index (κ2) is 7.21. The van der Waals surface area contributed by atoms with E-state index in [0.717, 1.165) is 25.8 Å². The van der Waals surface area contributed by atoms with Crippen LogP contribution in [0.2, 0.25) is 0 Å². The maximum Gasteiger partial charge on any atom is 0.248 e. The van der Waals surface area contributed by atoms with Gasteiger partial charge in [0.1, 0.15) is 5.84 Å². The molecule has 0 saturated carbocycles. The minimum Gasteiger partial charge on any atom is -0.409 e. The predicted molar refractivity (Wildman–Crippen MR) is 93.1 cm³/mol. The fraction of sp³-hybridized carbons (Fsp3) is 0.556. The third-order valence-corrected chi connectivity index (χ3v) is 5.50. The van der Waals surface area contributed by atoms with Crippen molar-refractivity contribution < 1.29 is 10.0 Å². The summed E-state index contributed by atoms with van der Waals surface area (Å²) in [5.41, 5.74) is 12.8. The fourth-order valence-corrected chi connectivity index (χ4v) is 4.35. The molecule has 1 amide bonds. The van der Waals surface area contributed by atoms with Gasteiger partial charge in [-0.2, -0.15) is 0 Å². The van der Waals surface area contributed by atoms with E-state index >= 15 is 0 Å². The van der Waals surface area contributed by atoms with Crippen LogP contribution in [0.4, 0.5) is 0 Å². The Hall–Kier alpha value is -2.08. The summed E-state index contributed by atoms with van der Waals surface area (Å²) in [5.74, 6) is 0.447. The second-order valence-electron chi connectivity index (χ2n) is 6.98. The van der Waals surface area contributed by atoms with Crippen LogP contribution < -0.4 is 11.5 Å². The van der Waals surface area contributed by atoms with E-state index in [4.69, 9.17) is 16.7 Å². The number of carbonyl (C=O) groups excluding carboxylic acids is 1. The van der Waals surface area contributed by atoms with E-state index in [9.17, 15) is 4.79 Å². The van der Waals surface area contributed by atoms with Crippen LogP contribution in [0.5, 0.6) is 0 Å². The predicted octanol–water partition coefficient (Wildman–Crippen LogP) is 2.02. The molecule has 2 aliphatic heterocycles. The smallest absolute Gasteiger partial charge is 0.248 e. The molecule has 6 heteroatoms. The van der Waals surface area contributed by atoms with Gasteiger partial charge in [-0.05, 0) is 62.3 Å². The maximum absolute atomic E-state index is 11.4. The molecule has 24 heavy (non-hydrogen) atoms. The summed E-state index contributed by atoms with van der Waals surface area (Å²) < 4.78 is 0. The Bertz CT molecular complexity index is 617. The molecule has 0 aliphatic carbocycles. The molecule has 3 rings (SSSR count). The number of carbonyl (C=O) groups is 1. The van der Waals surface area contributed by atoms with Crippen LogP contribution in [-0.4, -0.2) is 40.5 Å². The van der Waals surface area contributed by atoms with Crippen molar-refractivity contribution in [3.05, 3.63) is 35.4 Å². The van der Waals surface area contributed by atoms with E-state index in [1.54, 1.807) is 6.07 Å². The number of oxime groups is 1. The van der Waals surface area contributed by atoms with E-state index in [-0.39, 0.29) is 5.91 Å². The van der Waals surface area contributed by atoms with Gasteiger partial charge in [0.2, 0.25) is 5.91 Å². The lowest BCUT2D eigenvalue weighted by atomic mass is 9.84. The van der Waals surface area contributed by atoms with Gasteiger partial charge in [0, 0.05) is 24.1 Å². The summed E-state index contributed by atoms with van der Waals surface area (Å²) in [6.07, 6.45) is 6.28. The second-order valence-corrected chi connectivity index (χ2v) is 6.98.